The molecule has 4 aromatic rings. The van der Waals surface area contributed by atoms with Crippen molar-refractivity contribution >= 4 is 50.7 Å². The molecule has 1 unspecified atom stereocenters. The van der Waals surface area contributed by atoms with Crippen molar-refractivity contribution in [3.8, 4) is 5.88 Å². The Morgan fingerprint density at radius 3 is 2.57 bits per heavy atom. The average molecular weight is 782 g/mol. The third kappa shape index (κ3) is 8.41. The lowest BCUT2D eigenvalue weighted by Gasteiger charge is -2.39. The van der Waals surface area contributed by atoms with Gasteiger partial charge in [-0.15, -0.1) is 0 Å². The quantitative estimate of drug-likeness (QED) is 0.199. The number of nitrogens with zero attached hydrogens (tertiary/aromatic N) is 5. The molecule has 54 heavy (non-hydrogen) atoms. The molecule has 0 saturated carbocycles. The van der Waals surface area contributed by atoms with Gasteiger partial charge in [-0.1, -0.05) is 23.7 Å². The van der Waals surface area contributed by atoms with Gasteiger partial charge in [-0.25, -0.2) is 27.9 Å². The SMILES string of the molecule is O=C(NCC(=O)N1CC(F)(F)C[C@H]1C(=O)O)c1ccc2c(c1)nc(CN1CCC(c3cccc(OCc4ccc(Cl)cc4F)n3)CC1)n2CC1([Si])CCO1. The number of benzene rings is 2. The topological polar surface area (TPSA) is 139 Å². The molecule has 0 bridgehead atoms. The number of halogens is 4. The van der Waals surface area contributed by atoms with Crippen LogP contribution in [-0.2, 0) is 34.0 Å². The summed E-state index contributed by atoms with van der Waals surface area (Å²) in [7, 11) is 3.78. The molecule has 7 rings (SSSR count). The summed E-state index contributed by atoms with van der Waals surface area (Å²) in [6, 6.07) is 13.4. The number of carbonyl (C=O) groups excluding carboxylic acids is 2. The first-order valence-electron chi connectivity index (χ1n) is 17.6. The van der Waals surface area contributed by atoms with Gasteiger partial charge in [0.2, 0.25) is 11.8 Å². The van der Waals surface area contributed by atoms with Crippen molar-refractivity contribution in [2.45, 2.75) is 68.5 Å². The predicted molar refractivity (Wildman–Crippen MR) is 191 cm³/mol. The highest BCUT2D eigenvalue weighted by atomic mass is 35.5. The van der Waals surface area contributed by atoms with Crippen molar-refractivity contribution in [1.82, 2.24) is 29.7 Å². The van der Waals surface area contributed by atoms with Gasteiger partial charge >= 0.3 is 5.97 Å². The van der Waals surface area contributed by atoms with E-state index in [2.05, 4.69) is 25.0 Å². The molecule has 2 N–H and O–H groups in total. The molecule has 12 nitrogen and oxygen atoms in total. The van der Waals surface area contributed by atoms with Gasteiger partial charge in [-0.05, 0) is 68.8 Å². The number of carboxylic acids is 1. The lowest BCUT2D eigenvalue weighted by Crippen LogP contribution is -2.48. The van der Waals surface area contributed by atoms with Crippen molar-refractivity contribution < 1.29 is 42.1 Å². The van der Waals surface area contributed by atoms with Gasteiger partial charge in [0.25, 0.3) is 11.8 Å². The van der Waals surface area contributed by atoms with Crippen LogP contribution in [0.4, 0.5) is 13.2 Å². The smallest absolute Gasteiger partial charge is 0.326 e. The molecule has 0 aliphatic carbocycles. The molecule has 17 heteroatoms. The minimum atomic E-state index is -3.32. The number of alkyl halides is 2. The van der Waals surface area contributed by atoms with Crippen LogP contribution < -0.4 is 10.1 Å². The molecule has 3 saturated heterocycles. The number of hydrogen-bond donors (Lipinski definition) is 2. The Bertz CT molecular complexity index is 2070. The number of aromatic nitrogens is 3. The van der Waals surface area contributed by atoms with Crippen LogP contribution in [0, 0.1) is 5.82 Å². The van der Waals surface area contributed by atoms with E-state index >= 15 is 0 Å². The van der Waals surface area contributed by atoms with Gasteiger partial charge in [-0.2, -0.15) is 0 Å². The van der Waals surface area contributed by atoms with Crippen LogP contribution in [0.25, 0.3) is 11.0 Å². The molecular weight excluding hydrogens is 745 g/mol. The largest absolute Gasteiger partial charge is 0.480 e. The molecule has 0 spiro atoms. The van der Waals surface area contributed by atoms with Crippen LogP contribution >= 0.6 is 11.6 Å². The molecule has 2 amide bonds. The van der Waals surface area contributed by atoms with Crippen molar-refractivity contribution in [2.75, 3.05) is 32.8 Å². The Hall–Kier alpha value is -4.51. The number of carboxylic acid groups (broad SMARTS) is 1. The number of aliphatic carboxylic acids is 1. The second-order valence-electron chi connectivity index (χ2n) is 14.0. The predicted octanol–water partition coefficient (Wildman–Crippen LogP) is 4.52. The summed E-state index contributed by atoms with van der Waals surface area (Å²) in [5.41, 5.74) is 2.84. The zero-order chi connectivity index (χ0) is 38.2. The maximum absolute atomic E-state index is 14.2. The zero-order valence-electron chi connectivity index (χ0n) is 29.1. The second-order valence-corrected chi connectivity index (χ2v) is 15.4. The van der Waals surface area contributed by atoms with Crippen LogP contribution in [0.5, 0.6) is 5.88 Å². The Kier molecular flexibility index (Phi) is 10.7. The first-order valence-corrected chi connectivity index (χ1v) is 18.5. The molecule has 283 valence electrons. The van der Waals surface area contributed by atoms with E-state index in [4.69, 9.17) is 31.0 Å². The van der Waals surface area contributed by atoms with Crippen molar-refractivity contribution in [2.24, 2.45) is 0 Å². The van der Waals surface area contributed by atoms with E-state index < -0.39 is 60.3 Å². The number of fused-ring (bicyclic) bond motifs is 1. The third-order valence-electron chi connectivity index (χ3n) is 10.2. The number of carbonyl (C=O) groups is 3. The van der Waals surface area contributed by atoms with Crippen LogP contribution in [0.15, 0.2) is 54.6 Å². The van der Waals surface area contributed by atoms with E-state index in [9.17, 15) is 32.7 Å². The van der Waals surface area contributed by atoms with E-state index in [1.165, 1.54) is 6.07 Å². The molecule has 2 aromatic carbocycles. The minimum Gasteiger partial charge on any atom is -0.480 e. The number of rotatable bonds is 12. The monoisotopic (exact) mass is 781 g/mol. The van der Waals surface area contributed by atoms with Crippen LogP contribution in [0.2, 0.25) is 5.02 Å². The molecule has 2 aromatic heterocycles. The summed E-state index contributed by atoms with van der Waals surface area (Å²) in [6.07, 6.45) is 1.52. The fraction of sp³-hybridized carbons (Fsp3) is 0.432. The van der Waals surface area contributed by atoms with E-state index in [0.717, 1.165) is 49.4 Å². The average Bonchev–Trinajstić information content (AvgIpc) is 3.65. The van der Waals surface area contributed by atoms with Crippen molar-refractivity contribution in [3.63, 3.8) is 0 Å². The maximum Gasteiger partial charge on any atom is 0.326 e. The first kappa shape index (κ1) is 37.8. The highest BCUT2D eigenvalue weighted by Gasteiger charge is 2.50. The number of hydrogen-bond acceptors (Lipinski definition) is 8. The zero-order valence-corrected chi connectivity index (χ0v) is 30.8. The van der Waals surface area contributed by atoms with Gasteiger partial charge < -0.3 is 29.4 Å². The van der Waals surface area contributed by atoms with Crippen LogP contribution in [0.1, 0.15) is 59.0 Å². The summed E-state index contributed by atoms with van der Waals surface area (Å²) in [5, 5.41) is 11.5. The summed E-state index contributed by atoms with van der Waals surface area (Å²) < 4.78 is 55.7. The number of imidazole rings is 1. The van der Waals surface area contributed by atoms with Crippen LogP contribution in [0.3, 0.4) is 0 Å². The Morgan fingerprint density at radius 2 is 1.87 bits per heavy atom. The number of pyridine rings is 1. The fourth-order valence-corrected chi connectivity index (χ4v) is 7.64. The lowest BCUT2D eigenvalue weighted by molar-refractivity contribution is -0.147. The Labute approximate surface area is 317 Å². The van der Waals surface area contributed by atoms with E-state index in [1.807, 2.05) is 12.1 Å². The van der Waals surface area contributed by atoms with Gasteiger partial charge in [-0.3, -0.25) is 14.5 Å². The molecule has 2 atom stereocenters. The Morgan fingerprint density at radius 1 is 1.09 bits per heavy atom. The second kappa shape index (κ2) is 15.3. The third-order valence-corrected chi connectivity index (χ3v) is 11.0. The minimum absolute atomic E-state index is 0.0306. The van der Waals surface area contributed by atoms with E-state index in [-0.39, 0.29) is 18.1 Å². The fourth-order valence-electron chi connectivity index (χ4n) is 7.12. The summed E-state index contributed by atoms with van der Waals surface area (Å²) in [6.45, 7) is 1.58. The van der Waals surface area contributed by atoms with Crippen LogP contribution in [-0.4, -0.2) is 107 Å². The van der Waals surface area contributed by atoms with Gasteiger partial charge in [0, 0.05) is 53.4 Å². The van der Waals surface area contributed by atoms with Gasteiger partial charge in [0.05, 0.1) is 46.1 Å². The first-order chi connectivity index (χ1) is 25.8. The molecule has 5 heterocycles. The molecule has 3 aliphatic rings. The Balaban J connectivity index is 1.000. The molecule has 3 fully saturated rings. The van der Waals surface area contributed by atoms with Gasteiger partial charge in [0.15, 0.2) is 0 Å². The number of nitrogens with one attached hydrogen (secondary N) is 1. The summed E-state index contributed by atoms with van der Waals surface area (Å²) in [4.78, 5) is 49.7. The summed E-state index contributed by atoms with van der Waals surface area (Å²) >= 11 is 5.86. The highest BCUT2D eigenvalue weighted by Crippen LogP contribution is 2.33. The van der Waals surface area contributed by atoms with E-state index in [1.54, 1.807) is 36.4 Å². The molecule has 3 radical (unpaired) electrons. The normalized spacial score (nSPS) is 21.6. The maximum atomic E-state index is 14.2. The van der Waals surface area contributed by atoms with Gasteiger partial charge in [0.1, 0.15) is 24.3 Å². The van der Waals surface area contributed by atoms with Crippen molar-refractivity contribution in [1.29, 1.82) is 0 Å². The number of ether oxygens (including phenoxy) is 2. The standard InChI is InChI=1S/C37H37ClF3N6O6Si/c38-25-6-4-24(26(39)15-25)19-52-32-3-1-2-27(44-32)22-8-11-45(12-9-22)18-31-43-28-14-23(5-7-29(28)46(31)21-37(54)10-13-53-37)34(49)42-17-33(48)47-20-36(40,41)16-30(47)35(50)51/h1-7,14-15,22,30H,8-13,16-21H2,(H,42,49)(H,50,51)/t30-,37?/m0/s1. The summed E-state index contributed by atoms with van der Waals surface area (Å²) in [5.74, 6) is -5.41. The lowest BCUT2D eigenvalue weighted by atomic mass is 9.93. The number of piperidine rings is 1. The van der Waals surface area contributed by atoms with Crippen molar-refractivity contribution in [3.05, 3.63) is 88.1 Å². The van der Waals surface area contributed by atoms with E-state index in [0.29, 0.717) is 46.6 Å². The number of amides is 2. The highest BCUT2D eigenvalue weighted by molar-refractivity contribution is 6.30. The number of likely N-dealkylation sites (tertiary alicyclic amines) is 2. The molecule has 3 aliphatic heterocycles. The molecular formula is C37H37ClF3N6O6Si.